The number of rotatable bonds is 4. The predicted octanol–water partition coefficient (Wildman–Crippen LogP) is 1.08. The predicted molar refractivity (Wildman–Crippen MR) is 59.6 cm³/mol. The first-order chi connectivity index (χ1) is 9.40. The lowest BCUT2D eigenvalue weighted by Crippen LogP contribution is -2.30. The van der Waals surface area contributed by atoms with Crippen molar-refractivity contribution in [1.82, 2.24) is 4.98 Å². The summed E-state index contributed by atoms with van der Waals surface area (Å²) < 4.78 is 57.5. The topological polar surface area (TPSA) is 77.2 Å². The number of hydrogen-bond acceptors (Lipinski definition) is 4. The zero-order chi connectivity index (χ0) is 14.9. The van der Waals surface area contributed by atoms with E-state index in [0.29, 0.717) is 12.8 Å². The lowest BCUT2D eigenvalue weighted by atomic mass is 10.2. The maximum atomic E-state index is 13.3. The number of carbonyl (C=O) groups is 1. The minimum Gasteiger partial charge on any atom is -0.377 e. The van der Waals surface area contributed by atoms with Crippen molar-refractivity contribution in [1.29, 1.82) is 0 Å². The number of nitrogens with zero attached hydrogens (tertiary/aromatic N) is 1. The summed E-state index contributed by atoms with van der Waals surface area (Å²) in [5.41, 5.74) is 4.09. The number of anilines is 1. The average molecular weight is 293 g/mol. The largest absolute Gasteiger partial charge is 0.377 e. The number of halogens is 4. The molecule has 3 N–H and O–H groups in total. The summed E-state index contributed by atoms with van der Waals surface area (Å²) in [6.45, 7) is -0.124. The first-order valence-electron chi connectivity index (χ1n) is 5.78. The van der Waals surface area contributed by atoms with Crippen molar-refractivity contribution in [2.45, 2.75) is 25.0 Å². The van der Waals surface area contributed by atoms with E-state index >= 15 is 0 Å². The van der Waals surface area contributed by atoms with Gasteiger partial charge in [0, 0.05) is 6.54 Å². The van der Waals surface area contributed by atoms with Crippen LogP contribution in [-0.2, 0) is 9.53 Å². The highest BCUT2D eigenvalue weighted by molar-refractivity contribution is 5.79. The summed E-state index contributed by atoms with van der Waals surface area (Å²) in [7, 11) is 0. The van der Waals surface area contributed by atoms with E-state index in [9.17, 15) is 22.4 Å². The Morgan fingerprint density at radius 1 is 1.25 bits per heavy atom. The number of aromatic nitrogens is 1. The molecular formula is C11H11F4N3O2. The van der Waals surface area contributed by atoms with E-state index in [1.54, 1.807) is 0 Å². The zero-order valence-corrected chi connectivity index (χ0v) is 10.1. The summed E-state index contributed by atoms with van der Waals surface area (Å²) in [4.78, 5) is 13.3. The standard InChI is InChI=1S/C11H11F4N3O2/c12-6-8(7(13)10(15)18-9(6)14)17-3-4-1-2-5(20-4)11(16)19/h4-5H,1-3H2,(H2,16,19)(H,17,18). The SMILES string of the molecule is NC(=O)C1CCC(CNc2c(F)c(F)nc(F)c2F)O1. The van der Waals surface area contributed by atoms with Gasteiger partial charge in [0.25, 0.3) is 11.9 Å². The Morgan fingerprint density at radius 3 is 2.35 bits per heavy atom. The van der Waals surface area contributed by atoms with E-state index in [1.807, 2.05) is 0 Å². The molecule has 20 heavy (non-hydrogen) atoms. The Balaban J connectivity index is 2.04. The van der Waals surface area contributed by atoms with E-state index in [-0.39, 0.29) is 6.54 Å². The van der Waals surface area contributed by atoms with Crippen LogP contribution in [0.5, 0.6) is 0 Å². The summed E-state index contributed by atoms with van der Waals surface area (Å²) in [6, 6.07) is 0. The van der Waals surface area contributed by atoms with Crippen LogP contribution in [0.15, 0.2) is 0 Å². The quantitative estimate of drug-likeness (QED) is 0.643. The molecule has 9 heteroatoms. The lowest BCUT2D eigenvalue weighted by molar-refractivity contribution is -0.128. The van der Waals surface area contributed by atoms with Gasteiger partial charge in [0.2, 0.25) is 17.5 Å². The molecule has 1 aromatic rings. The molecule has 0 bridgehead atoms. The van der Waals surface area contributed by atoms with Crippen LogP contribution in [0.4, 0.5) is 23.2 Å². The molecule has 2 atom stereocenters. The smallest absolute Gasteiger partial charge is 0.253 e. The van der Waals surface area contributed by atoms with Gasteiger partial charge in [-0.2, -0.15) is 22.5 Å². The Hall–Kier alpha value is -1.90. The van der Waals surface area contributed by atoms with Crippen LogP contribution in [0.3, 0.4) is 0 Å². The van der Waals surface area contributed by atoms with Gasteiger partial charge in [-0.05, 0) is 12.8 Å². The summed E-state index contributed by atoms with van der Waals surface area (Å²) in [5.74, 6) is -7.35. The van der Waals surface area contributed by atoms with Crippen molar-refractivity contribution < 1.29 is 27.1 Å². The molecule has 1 aliphatic rings. The molecular weight excluding hydrogens is 282 g/mol. The van der Waals surface area contributed by atoms with E-state index in [4.69, 9.17) is 10.5 Å². The molecule has 1 saturated heterocycles. The van der Waals surface area contributed by atoms with Gasteiger partial charge in [0.05, 0.1) is 6.10 Å². The molecule has 1 aliphatic heterocycles. The highest BCUT2D eigenvalue weighted by Crippen LogP contribution is 2.24. The molecule has 0 radical (unpaired) electrons. The van der Waals surface area contributed by atoms with Crippen molar-refractivity contribution in [2.24, 2.45) is 5.73 Å². The third-order valence-corrected chi connectivity index (χ3v) is 2.93. The number of primary amides is 1. The fourth-order valence-electron chi connectivity index (χ4n) is 1.92. The van der Waals surface area contributed by atoms with Crippen LogP contribution >= 0.6 is 0 Å². The molecule has 1 amide bonds. The summed E-state index contributed by atoms with van der Waals surface area (Å²) in [5, 5.41) is 2.22. The van der Waals surface area contributed by atoms with Crippen molar-refractivity contribution >= 4 is 11.6 Å². The normalized spacial score (nSPS) is 22.0. The van der Waals surface area contributed by atoms with Crippen molar-refractivity contribution in [3.8, 4) is 0 Å². The maximum absolute atomic E-state index is 13.3. The third kappa shape index (κ3) is 2.82. The van der Waals surface area contributed by atoms with Crippen LogP contribution < -0.4 is 11.1 Å². The number of hydrogen-bond donors (Lipinski definition) is 2. The fourth-order valence-corrected chi connectivity index (χ4v) is 1.92. The van der Waals surface area contributed by atoms with Crippen molar-refractivity contribution in [2.75, 3.05) is 11.9 Å². The molecule has 5 nitrogen and oxygen atoms in total. The molecule has 2 unspecified atom stereocenters. The van der Waals surface area contributed by atoms with Gasteiger partial charge in [-0.1, -0.05) is 0 Å². The molecule has 1 fully saturated rings. The van der Waals surface area contributed by atoms with E-state index < -0.39 is 47.3 Å². The Labute approximate surface area is 111 Å². The number of nitrogens with one attached hydrogen (secondary N) is 1. The van der Waals surface area contributed by atoms with Gasteiger partial charge >= 0.3 is 0 Å². The minimum absolute atomic E-state index is 0.124. The Kier molecular flexibility index (Phi) is 4.07. The first-order valence-corrected chi connectivity index (χ1v) is 5.78. The van der Waals surface area contributed by atoms with Crippen LogP contribution in [0, 0.1) is 23.5 Å². The second-order valence-electron chi connectivity index (χ2n) is 4.30. The second kappa shape index (κ2) is 5.61. The number of pyridine rings is 1. The lowest BCUT2D eigenvalue weighted by Gasteiger charge is -2.14. The first kappa shape index (κ1) is 14.5. The molecule has 1 aromatic heterocycles. The van der Waals surface area contributed by atoms with Gasteiger partial charge in [0.1, 0.15) is 11.8 Å². The van der Waals surface area contributed by atoms with Crippen LogP contribution in [0.2, 0.25) is 0 Å². The van der Waals surface area contributed by atoms with Crippen LogP contribution in [0.25, 0.3) is 0 Å². The number of nitrogens with two attached hydrogens (primary N) is 1. The van der Waals surface area contributed by atoms with Gasteiger partial charge in [-0.3, -0.25) is 4.79 Å². The highest BCUT2D eigenvalue weighted by Gasteiger charge is 2.30. The number of amides is 1. The Bertz CT molecular complexity index is 515. The molecule has 2 rings (SSSR count). The van der Waals surface area contributed by atoms with E-state index in [2.05, 4.69) is 10.3 Å². The second-order valence-corrected chi connectivity index (χ2v) is 4.30. The highest BCUT2D eigenvalue weighted by atomic mass is 19.2. The minimum atomic E-state index is -1.74. The summed E-state index contributed by atoms with van der Waals surface area (Å²) >= 11 is 0. The average Bonchev–Trinajstić information content (AvgIpc) is 2.85. The van der Waals surface area contributed by atoms with Crippen molar-refractivity contribution in [3.63, 3.8) is 0 Å². The monoisotopic (exact) mass is 293 g/mol. The molecule has 110 valence electrons. The fraction of sp³-hybridized carbons (Fsp3) is 0.455. The Morgan fingerprint density at radius 2 is 1.85 bits per heavy atom. The van der Waals surface area contributed by atoms with Gasteiger partial charge in [-0.15, -0.1) is 0 Å². The number of ether oxygens (including phenoxy) is 1. The van der Waals surface area contributed by atoms with E-state index in [1.165, 1.54) is 0 Å². The zero-order valence-electron chi connectivity index (χ0n) is 10.1. The van der Waals surface area contributed by atoms with Crippen LogP contribution in [0.1, 0.15) is 12.8 Å². The molecule has 0 spiro atoms. The van der Waals surface area contributed by atoms with Crippen LogP contribution in [-0.4, -0.2) is 29.6 Å². The van der Waals surface area contributed by atoms with Gasteiger partial charge < -0.3 is 15.8 Å². The van der Waals surface area contributed by atoms with Gasteiger partial charge in [0.15, 0.2) is 0 Å². The maximum Gasteiger partial charge on any atom is 0.253 e. The van der Waals surface area contributed by atoms with E-state index in [0.717, 1.165) is 0 Å². The molecule has 0 aromatic carbocycles. The molecule has 0 aliphatic carbocycles. The van der Waals surface area contributed by atoms with Gasteiger partial charge in [-0.25, -0.2) is 0 Å². The summed E-state index contributed by atoms with van der Waals surface area (Å²) in [6.07, 6.45) is -0.487. The third-order valence-electron chi connectivity index (χ3n) is 2.93. The number of carbonyl (C=O) groups excluding carboxylic acids is 1. The van der Waals surface area contributed by atoms with Crippen molar-refractivity contribution in [3.05, 3.63) is 23.5 Å². The molecule has 2 heterocycles. The molecule has 0 saturated carbocycles.